The number of hydrogen-bond acceptors (Lipinski definition) is 3. The summed E-state index contributed by atoms with van der Waals surface area (Å²) < 4.78 is 8.64. The molecule has 0 radical (unpaired) electrons. The molecular formula is C15H20BrN3O. The van der Waals surface area contributed by atoms with Crippen LogP contribution in [0.3, 0.4) is 0 Å². The zero-order chi connectivity index (χ0) is 14.2. The van der Waals surface area contributed by atoms with E-state index in [0.717, 1.165) is 36.3 Å². The van der Waals surface area contributed by atoms with Crippen LogP contribution < -0.4 is 10.1 Å². The average molecular weight is 338 g/mol. The molecule has 0 spiro atoms. The highest BCUT2D eigenvalue weighted by molar-refractivity contribution is 9.10. The molecule has 1 N–H and O–H groups in total. The fraction of sp³-hybridized carbons (Fsp3) is 0.400. The van der Waals surface area contributed by atoms with Gasteiger partial charge in [0.15, 0.2) is 0 Å². The first-order valence-corrected chi connectivity index (χ1v) is 7.67. The van der Waals surface area contributed by atoms with Gasteiger partial charge >= 0.3 is 0 Å². The normalized spacial score (nSPS) is 10.7. The lowest BCUT2D eigenvalue weighted by Crippen LogP contribution is -2.13. The number of ether oxygens (including phenoxy) is 1. The van der Waals surface area contributed by atoms with Gasteiger partial charge in [-0.1, -0.05) is 28.9 Å². The van der Waals surface area contributed by atoms with Crippen molar-refractivity contribution in [3.05, 3.63) is 46.7 Å². The molecule has 0 saturated heterocycles. The summed E-state index contributed by atoms with van der Waals surface area (Å²) in [5, 5.41) is 7.69. The molecule has 0 aliphatic heterocycles. The number of halogens is 1. The number of benzene rings is 1. The lowest BCUT2D eigenvalue weighted by molar-refractivity contribution is 0.291. The van der Waals surface area contributed by atoms with Crippen molar-refractivity contribution < 1.29 is 4.74 Å². The van der Waals surface area contributed by atoms with E-state index in [2.05, 4.69) is 39.5 Å². The van der Waals surface area contributed by atoms with Crippen LogP contribution in [0.2, 0.25) is 0 Å². The molecule has 4 nitrogen and oxygen atoms in total. The molecule has 0 aliphatic rings. The van der Waals surface area contributed by atoms with Gasteiger partial charge < -0.3 is 10.1 Å². The smallest absolute Gasteiger partial charge is 0.120 e. The summed E-state index contributed by atoms with van der Waals surface area (Å²) in [4.78, 5) is 0. The van der Waals surface area contributed by atoms with Crippen LogP contribution in [0.4, 0.5) is 0 Å². The molecule has 0 saturated carbocycles. The van der Waals surface area contributed by atoms with Crippen LogP contribution in [-0.4, -0.2) is 22.9 Å². The Bertz CT molecular complexity index is 527. The van der Waals surface area contributed by atoms with E-state index in [0.29, 0.717) is 6.61 Å². The molecule has 1 aromatic carbocycles. The molecule has 0 amide bonds. The van der Waals surface area contributed by atoms with Gasteiger partial charge in [0.2, 0.25) is 0 Å². The van der Waals surface area contributed by atoms with Crippen LogP contribution >= 0.6 is 15.9 Å². The van der Waals surface area contributed by atoms with Crippen molar-refractivity contribution in [2.45, 2.75) is 26.4 Å². The van der Waals surface area contributed by atoms with Crippen LogP contribution in [0.5, 0.6) is 5.75 Å². The van der Waals surface area contributed by atoms with Crippen LogP contribution in [-0.2, 0) is 13.1 Å². The SMILES string of the molecule is CCCNCc1cnn(CCOc2cccc(Br)c2)c1. The molecule has 0 unspecified atom stereocenters. The Labute approximate surface area is 128 Å². The summed E-state index contributed by atoms with van der Waals surface area (Å²) in [5.41, 5.74) is 1.21. The average Bonchev–Trinajstić information content (AvgIpc) is 2.87. The summed E-state index contributed by atoms with van der Waals surface area (Å²) in [7, 11) is 0. The van der Waals surface area contributed by atoms with Crippen molar-refractivity contribution in [1.82, 2.24) is 15.1 Å². The molecule has 20 heavy (non-hydrogen) atoms. The summed E-state index contributed by atoms with van der Waals surface area (Å²) in [5.74, 6) is 0.872. The van der Waals surface area contributed by atoms with E-state index in [9.17, 15) is 0 Å². The predicted octanol–water partition coefficient (Wildman–Crippen LogP) is 3.22. The molecule has 0 atom stereocenters. The fourth-order valence-electron chi connectivity index (χ4n) is 1.84. The first-order valence-electron chi connectivity index (χ1n) is 6.88. The van der Waals surface area contributed by atoms with Crippen LogP contribution in [0.1, 0.15) is 18.9 Å². The maximum Gasteiger partial charge on any atom is 0.120 e. The highest BCUT2D eigenvalue weighted by Crippen LogP contribution is 2.17. The number of nitrogens with one attached hydrogen (secondary N) is 1. The Kier molecular flexibility index (Phi) is 6.08. The maximum atomic E-state index is 5.69. The lowest BCUT2D eigenvalue weighted by atomic mass is 10.3. The van der Waals surface area contributed by atoms with Gasteiger partial charge in [0.25, 0.3) is 0 Å². The Morgan fingerprint density at radius 3 is 3.10 bits per heavy atom. The molecule has 0 aliphatic carbocycles. The second-order valence-electron chi connectivity index (χ2n) is 4.59. The van der Waals surface area contributed by atoms with Gasteiger partial charge in [-0.15, -0.1) is 0 Å². The molecule has 1 heterocycles. The maximum absolute atomic E-state index is 5.69. The number of nitrogens with zero attached hydrogens (tertiary/aromatic N) is 2. The summed E-state index contributed by atoms with van der Waals surface area (Å²) >= 11 is 3.43. The largest absolute Gasteiger partial charge is 0.492 e. The van der Waals surface area contributed by atoms with Gasteiger partial charge in [-0.25, -0.2) is 0 Å². The van der Waals surface area contributed by atoms with Gasteiger partial charge in [0.05, 0.1) is 12.7 Å². The van der Waals surface area contributed by atoms with Crippen molar-refractivity contribution >= 4 is 15.9 Å². The standard InChI is InChI=1S/C15H20BrN3O/c1-2-6-17-10-13-11-18-19(12-13)7-8-20-15-5-3-4-14(16)9-15/h3-5,9,11-12,17H,2,6-8,10H2,1H3. The van der Waals surface area contributed by atoms with Gasteiger partial charge in [-0.2, -0.15) is 5.10 Å². The molecule has 0 bridgehead atoms. The highest BCUT2D eigenvalue weighted by Gasteiger charge is 1.99. The third-order valence-electron chi connectivity index (χ3n) is 2.83. The van der Waals surface area contributed by atoms with Crippen LogP contribution in [0, 0.1) is 0 Å². The second kappa shape index (κ2) is 8.07. The Hall–Kier alpha value is -1.33. The molecule has 1 aromatic heterocycles. The summed E-state index contributed by atoms with van der Waals surface area (Å²) in [6.07, 6.45) is 5.11. The topological polar surface area (TPSA) is 39.1 Å². The van der Waals surface area contributed by atoms with Crippen LogP contribution in [0.25, 0.3) is 0 Å². The molecule has 108 valence electrons. The molecule has 2 rings (SSSR count). The Morgan fingerprint density at radius 1 is 1.40 bits per heavy atom. The van der Waals surface area contributed by atoms with Crippen molar-refractivity contribution in [1.29, 1.82) is 0 Å². The van der Waals surface area contributed by atoms with Crippen molar-refractivity contribution in [3.8, 4) is 5.75 Å². The Balaban J connectivity index is 1.74. The number of hydrogen-bond donors (Lipinski definition) is 1. The summed E-state index contributed by atoms with van der Waals surface area (Å²) in [6, 6.07) is 7.86. The van der Waals surface area contributed by atoms with E-state index in [-0.39, 0.29) is 0 Å². The van der Waals surface area contributed by atoms with E-state index >= 15 is 0 Å². The van der Waals surface area contributed by atoms with Crippen molar-refractivity contribution in [2.75, 3.05) is 13.2 Å². The van der Waals surface area contributed by atoms with Gasteiger partial charge in [-0.05, 0) is 31.2 Å². The minimum Gasteiger partial charge on any atom is -0.492 e. The number of aromatic nitrogens is 2. The van der Waals surface area contributed by atoms with Crippen molar-refractivity contribution in [3.63, 3.8) is 0 Å². The minimum absolute atomic E-state index is 0.611. The Morgan fingerprint density at radius 2 is 2.30 bits per heavy atom. The molecule has 5 heteroatoms. The summed E-state index contributed by atoms with van der Waals surface area (Å²) in [6.45, 7) is 5.44. The molecule has 2 aromatic rings. The van der Waals surface area contributed by atoms with Gasteiger partial charge in [0.1, 0.15) is 12.4 Å². The van der Waals surface area contributed by atoms with E-state index in [1.54, 1.807) is 0 Å². The first kappa shape index (κ1) is 15.1. The monoisotopic (exact) mass is 337 g/mol. The zero-order valence-electron chi connectivity index (χ0n) is 11.7. The zero-order valence-corrected chi connectivity index (χ0v) is 13.3. The van der Waals surface area contributed by atoms with Crippen molar-refractivity contribution in [2.24, 2.45) is 0 Å². The van der Waals surface area contributed by atoms with Gasteiger partial charge in [-0.3, -0.25) is 4.68 Å². The van der Waals surface area contributed by atoms with E-state index in [4.69, 9.17) is 4.74 Å². The van der Waals surface area contributed by atoms with Gasteiger partial charge in [0, 0.05) is 22.8 Å². The lowest BCUT2D eigenvalue weighted by Gasteiger charge is -2.06. The predicted molar refractivity (Wildman–Crippen MR) is 83.9 cm³/mol. The van der Waals surface area contributed by atoms with E-state index in [1.165, 1.54) is 5.56 Å². The molecule has 0 fully saturated rings. The quantitative estimate of drug-likeness (QED) is 0.751. The number of rotatable bonds is 8. The second-order valence-corrected chi connectivity index (χ2v) is 5.51. The first-order chi connectivity index (χ1) is 9.78. The van der Waals surface area contributed by atoms with E-state index in [1.807, 2.05) is 35.1 Å². The fourth-order valence-corrected chi connectivity index (χ4v) is 2.22. The minimum atomic E-state index is 0.611. The van der Waals surface area contributed by atoms with E-state index < -0.39 is 0 Å². The third-order valence-corrected chi connectivity index (χ3v) is 3.32. The third kappa shape index (κ3) is 4.98. The highest BCUT2D eigenvalue weighted by atomic mass is 79.9. The molecular weight excluding hydrogens is 318 g/mol. The van der Waals surface area contributed by atoms with Crippen LogP contribution in [0.15, 0.2) is 41.1 Å².